The molecular weight excluding hydrogens is 262 g/mol. The van der Waals surface area contributed by atoms with E-state index in [2.05, 4.69) is 0 Å². The predicted molar refractivity (Wildman–Crippen MR) is 74.1 cm³/mol. The molecule has 1 atom stereocenters. The maximum absolute atomic E-state index is 11.7. The summed E-state index contributed by atoms with van der Waals surface area (Å²) in [5.74, 6) is -1.62. The molecule has 0 aliphatic heterocycles. The lowest BCUT2D eigenvalue weighted by Gasteiger charge is -2.28. The number of quaternary nitrogens is 1. The van der Waals surface area contributed by atoms with Crippen molar-refractivity contribution in [2.24, 2.45) is 5.92 Å². The molecule has 6 nitrogen and oxygen atoms in total. The second-order valence-corrected chi connectivity index (χ2v) is 6.30. The molecule has 0 aliphatic rings. The molecule has 0 rings (SSSR count). The van der Waals surface area contributed by atoms with Gasteiger partial charge in [-0.15, -0.1) is 0 Å². The zero-order valence-corrected chi connectivity index (χ0v) is 13.0. The van der Waals surface area contributed by atoms with Crippen molar-refractivity contribution < 1.29 is 28.7 Å². The lowest BCUT2D eigenvalue weighted by atomic mass is 10.0. The monoisotopic (exact) mass is 288 g/mol. The van der Waals surface area contributed by atoms with Crippen LogP contribution < -0.4 is 0 Å². The average Bonchev–Trinajstić information content (AvgIpc) is 2.21. The molecule has 0 radical (unpaired) electrons. The van der Waals surface area contributed by atoms with Gasteiger partial charge in [-0.3, -0.25) is 14.4 Å². The molecule has 0 fully saturated rings. The van der Waals surface area contributed by atoms with Crippen LogP contribution in [0.5, 0.6) is 0 Å². The number of ketones is 1. The van der Waals surface area contributed by atoms with Crippen molar-refractivity contribution in [3.8, 4) is 0 Å². The topological polar surface area (TPSA) is 80.7 Å². The number of carbonyl (C=O) groups excluding carboxylic acids is 2. The number of rotatable bonds is 9. The second kappa shape index (κ2) is 7.99. The van der Waals surface area contributed by atoms with E-state index in [9.17, 15) is 14.4 Å². The fourth-order valence-electron chi connectivity index (χ4n) is 1.71. The maximum Gasteiger partial charge on any atom is 0.307 e. The minimum Gasteiger partial charge on any atom is -0.481 e. The van der Waals surface area contributed by atoms with Gasteiger partial charge >= 0.3 is 11.9 Å². The molecule has 1 N–H and O–H groups in total. The first-order chi connectivity index (χ1) is 9.01. The van der Waals surface area contributed by atoms with E-state index in [1.807, 2.05) is 21.1 Å². The van der Waals surface area contributed by atoms with E-state index in [1.165, 1.54) is 0 Å². The first-order valence-electron chi connectivity index (χ1n) is 6.75. The van der Waals surface area contributed by atoms with E-state index < -0.39 is 18.0 Å². The number of esters is 1. The number of aliphatic carboxylic acids is 1. The standard InChI is InChI=1S/C14H25NO5/c1-10(2)12(16)6-7-14(19)20-11(8-13(17)18)9-15(3,4)5/h10-11H,6-9H2,1-5H3/p+1/t11-/m1/s1. The molecule has 0 bridgehead atoms. The fourth-order valence-corrected chi connectivity index (χ4v) is 1.71. The maximum atomic E-state index is 11.7. The van der Waals surface area contributed by atoms with Crippen LogP contribution in [0.25, 0.3) is 0 Å². The van der Waals surface area contributed by atoms with Crippen LogP contribution in [0.2, 0.25) is 0 Å². The Morgan fingerprint density at radius 3 is 2.05 bits per heavy atom. The third-order valence-electron chi connectivity index (χ3n) is 2.67. The van der Waals surface area contributed by atoms with Crippen LogP contribution in [0, 0.1) is 5.92 Å². The zero-order valence-electron chi connectivity index (χ0n) is 13.0. The van der Waals surface area contributed by atoms with E-state index >= 15 is 0 Å². The fraction of sp³-hybridized carbons (Fsp3) is 0.786. The number of Topliss-reactive ketones (excluding diaryl/α,β-unsaturated/α-hetero) is 1. The molecular formula is C14H26NO5+. The smallest absolute Gasteiger partial charge is 0.307 e. The van der Waals surface area contributed by atoms with E-state index in [0.717, 1.165) is 0 Å². The lowest BCUT2D eigenvalue weighted by Crippen LogP contribution is -2.43. The van der Waals surface area contributed by atoms with Gasteiger partial charge in [0, 0.05) is 12.3 Å². The molecule has 6 heteroatoms. The van der Waals surface area contributed by atoms with Crippen LogP contribution in [-0.4, -0.2) is 61.1 Å². The van der Waals surface area contributed by atoms with Crippen LogP contribution in [0.4, 0.5) is 0 Å². The van der Waals surface area contributed by atoms with E-state index in [4.69, 9.17) is 9.84 Å². The molecule has 0 amide bonds. The summed E-state index contributed by atoms with van der Waals surface area (Å²) in [6.45, 7) is 3.96. The van der Waals surface area contributed by atoms with Gasteiger partial charge in [0.05, 0.1) is 34.0 Å². The molecule has 0 saturated carbocycles. The van der Waals surface area contributed by atoms with Crippen molar-refractivity contribution in [3.05, 3.63) is 0 Å². The molecule has 0 aromatic rings. The van der Waals surface area contributed by atoms with Crippen LogP contribution in [0.15, 0.2) is 0 Å². The molecule has 20 heavy (non-hydrogen) atoms. The number of hydrogen-bond donors (Lipinski definition) is 1. The van der Waals surface area contributed by atoms with Crippen molar-refractivity contribution >= 4 is 17.7 Å². The van der Waals surface area contributed by atoms with E-state index in [0.29, 0.717) is 11.0 Å². The van der Waals surface area contributed by atoms with Gasteiger partial charge in [-0.2, -0.15) is 0 Å². The summed E-state index contributed by atoms with van der Waals surface area (Å²) in [6.07, 6.45) is -0.751. The summed E-state index contributed by atoms with van der Waals surface area (Å²) in [4.78, 5) is 33.9. The zero-order chi connectivity index (χ0) is 15.9. The molecule has 116 valence electrons. The van der Waals surface area contributed by atoms with Crippen molar-refractivity contribution in [1.82, 2.24) is 0 Å². The van der Waals surface area contributed by atoms with Gasteiger partial charge in [0.15, 0.2) is 6.10 Å². The number of carbonyl (C=O) groups is 3. The van der Waals surface area contributed by atoms with Crippen molar-refractivity contribution in [1.29, 1.82) is 0 Å². The molecule has 0 saturated heterocycles. The number of likely N-dealkylation sites (N-methyl/N-ethyl adjacent to an activating group) is 1. The van der Waals surface area contributed by atoms with Crippen LogP contribution >= 0.6 is 0 Å². The number of nitrogens with zero attached hydrogens (tertiary/aromatic N) is 1. The highest BCUT2D eigenvalue weighted by Gasteiger charge is 2.25. The minimum absolute atomic E-state index is 0.00309. The molecule has 0 aliphatic carbocycles. The number of ether oxygens (including phenoxy) is 1. The Morgan fingerprint density at radius 1 is 1.10 bits per heavy atom. The van der Waals surface area contributed by atoms with Gasteiger partial charge in [-0.1, -0.05) is 13.8 Å². The number of carboxylic acids is 1. The lowest BCUT2D eigenvalue weighted by molar-refractivity contribution is -0.873. The van der Waals surface area contributed by atoms with Gasteiger partial charge < -0.3 is 14.3 Å². The highest BCUT2D eigenvalue weighted by atomic mass is 16.5. The summed E-state index contributed by atoms with van der Waals surface area (Å²) in [5.41, 5.74) is 0. The Bertz CT molecular complexity index is 357. The van der Waals surface area contributed by atoms with Gasteiger partial charge in [-0.25, -0.2) is 0 Å². The first kappa shape index (κ1) is 18.6. The van der Waals surface area contributed by atoms with Crippen molar-refractivity contribution in [3.63, 3.8) is 0 Å². The van der Waals surface area contributed by atoms with Crippen LogP contribution in [-0.2, 0) is 19.1 Å². The Hall–Kier alpha value is -1.43. The number of carboxylic acid groups (broad SMARTS) is 1. The van der Waals surface area contributed by atoms with Crippen LogP contribution in [0.3, 0.4) is 0 Å². The number of hydrogen-bond acceptors (Lipinski definition) is 4. The molecule has 0 aromatic carbocycles. The normalized spacial score (nSPS) is 13.1. The first-order valence-corrected chi connectivity index (χ1v) is 6.75. The van der Waals surface area contributed by atoms with Gasteiger partial charge in [0.2, 0.25) is 0 Å². The third kappa shape index (κ3) is 9.49. The SMILES string of the molecule is CC(C)C(=O)CCC(=O)O[C@H](CC(=O)O)C[N+](C)(C)C. The molecule has 0 heterocycles. The van der Waals surface area contributed by atoms with Gasteiger partial charge in [0.25, 0.3) is 0 Å². The summed E-state index contributed by atoms with van der Waals surface area (Å²) in [6, 6.07) is 0. The van der Waals surface area contributed by atoms with Crippen molar-refractivity contribution in [2.45, 2.75) is 39.2 Å². The quantitative estimate of drug-likeness (QED) is 0.507. The molecule has 0 unspecified atom stereocenters. The third-order valence-corrected chi connectivity index (χ3v) is 2.67. The minimum atomic E-state index is -1.01. The van der Waals surface area contributed by atoms with Gasteiger partial charge in [-0.05, 0) is 0 Å². The predicted octanol–water partition coefficient (Wildman–Crippen LogP) is 1.08. The average molecular weight is 288 g/mol. The summed E-state index contributed by atoms with van der Waals surface area (Å²) in [7, 11) is 5.68. The largest absolute Gasteiger partial charge is 0.481 e. The van der Waals surface area contributed by atoms with E-state index in [-0.39, 0.29) is 31.0 Å². The highest BCUT2D eigenvalue weighted by molar-refractivity contribution is 5.84. The Balaban J connectivity index is 4.38. The van der Waals surface area contributed by atoms with Crippen LogP contribution in [0.1, 0.15) is 33.1 Å². The summed E-state index contributed by atoms with van der Waals surface area (Å²) < 4.78 is 5.68. The Morgan fingerprint density at radius 2 is 1.65 bits per heavy atom. The summed E-state index contributed by atoms with van der Waals surface area (Å²) >= 11 is 0. The Kier molecular flexibility index (Phi) is 7.42. The van der Waals surface area contributed by atoms with Gasteiger partial charge in [0.1, 0.15) is 12.3 Å². The molecule has 0 aromatic heterocycles. The van der Waals surface area contributed by atoms with E-state index in [1.54, 1.807) is 13.8 Å². The van der Waals surface area contributed by atoms with Crippen molar-refractivity contribution in [2.75, 3.05) is 27.7 Å². The second-order valence-electron chi connectivity index (χ2n) is 6.30. The summed E-state index contributed by atoms with van der Waals surface area (Å²) in [5, 5.41) is 8.83. The Labute approximate surface area is 120 Å². The molecule has 0 spiro atoms. The highest BCUT2D eigenvalue weighted by Crippen LogP contribution is 2.09.